The topological polar surface area (TPSA) is 63.5 Å². The van der Waals surface area contributed by atoms with Gasteiger partial charge in [-0.15, -0.1) is 0 Å². The number of rotatable bonds is 8. The predicted molar refractivity (Wildman–Crippen MR) is 91.2 cm³/mol. The first kappa shape index (κ1) is 18.5. The Morgan fingerprint density at radius 2 is 2.05 bits per heavy atom. The molecule has 1 aromatic heterocycles. The van der Waals surface area contributed by atoms with Crippen LogP contribution in [0.25, 0.3) is 0 Å². The number of nitrogens with zero attached hydrogens (tertiary/aromatic N) is 3. The molecule has 0 saturated heterocycles. The molecule has 0 fully saturated rings. The maximum absolute atomic E-state index is 5.12. The molecular weight excluding hydrogens is 278 g/mol. The Morgan fingerprint density at radius 3 is 2.64 bits per heavy atom. The van der Waals surface area contributed by atoms with Gasteiger partial charge in [0.2, 0.25) is 0 Å². The van der Waals surface area contributed by atoms with E-state index in [1.54, 1.807) is 14.2 Å². The molecule has 1 rings (SSSR count). The zero-order valence-corrected chi connectivity index (χ0v) is 14.9. The van der Waals surface area contributed by atoms with E-state index >= 15 is 0 Å². The summed E-state index contributed by atoms with van der Waals surface area (Å²) in [5.41, 5.74) is 3.46. The van der Waals surface area contributed by atoms with Crippen molar-refractivity contribution in [3.63, 3.8) is 0 Å². The van der Waals surface area contributed by atoms with Crippen molar-refractivity contribution in [2.24, 2.45) is 10.9 Å². The second-order valence-corrected chi connectivity index (χ2v) is 5.90. The molecule has 2 N–H and O–H groups in total. The van der Waals surface area contributed by atoms with Gasteiger partial charge in [0, 0.05) is 38.5 Å². The minimum atomic E-state index is 0.674. The molecule has 1 aromatic rings. The Morgan fingerprint density at radius 1 is 1.32 bits per heavy atom. The predicted octanol–water partition coefficient (Wildman–Crippen LogP) is 1.86. The van der Waals surface area contributed by atoms with E-state index in [4.69, 9.17) is 4.74 Å². The van der Waals surface area contributed by atoms with E-state index in [0.29, 0.717) is 12.5 Å². The monoisotopic (exact) mass is 309 g/mol. The summed E-state index contributed by atoms with van der Waals surface area (Å²) in [5, 5.41) is 11.3. The molecule has 22 heavy (non-hydrogen) atoms. The first-order valence-electron chi connectivity index (χ1n) is 7.95. The lowest BCUT2D eigenvalue weighted by atomic mass is 10.1. The number of ether oxygens (including phenoxy) is 1. The number of hydrogen-bond donors (Lipinski definition) is 2. The fourth-order valence-electron chi connectivity index (χ4n) is 2.26. The highest BCUT2D eigenvalue weighted by Crippen LogP contribution is 2.12. The van der Waals surface area contributed by atoms with E-state index < -0.39 is 0 Å². The van der Waals surface area contributed by atoms with E-state index in [0.717, 1.165) is 37.7 Å². The highest BCUT2D eigenvalue weighted by Gasteiger charge is 2.11. The van der Waals surface area contributed by atoms with Crippen molar-refractivity contribution in [1.29, 1.82) is 0 Å². The molecule has 0 bridgehead atoms. The van der Waals surface area contributed by atoms with E-state index in [2.05, 4.69) is 41.5 Å². The lowest BCUT2D eigenvalue weighted by molar-refractivity contribution is 0.182. The maximum atomic E-state index is 5.12. The van der Waals surface area contributed by atoms with Gasteiger partial charge in [-0.2, -0.15) is 5.10 Å². The zero-order chi connectivity index (χ0) is 16.5. The molecule has 0 aliphatic carbocycles. The molecule has 0 saturated carbocycles. The van der Waals surface area contributed by atoms with Crippen LogP contribution in [0.4, 0.5) is 0 Å². The Balaban J connectivity index is 2.57. The average Bonchev–Trinajstić information content (AvgIpc) is 2.74. The van der Waals surface area contributed by atoms with Gasteiger partial charge in [-0.1, -0.05) is 13.8 Å². The number of hydrogen-bond acceptors (Lipinski definition) is 3. The second kappa shape index (κ2) is 9.46. The summed E-state index contributed by atoms with van der Waals surface area (Å²) in [6.07, 6.45) is 1.13. The van der Waals surface area contributed by atoms with Crippen LogP contribution in [-0.2, 0) is 17.8 Å². The van der Waals surface area contributed by atoms with Crippen molar-refractivity contribution in [1.82, 2.24) is 20.4 Å². The Kier molecular flexibility index (Phi) is 7.95. The van der Waals surface area contributed by atoms with Crippen molar-refractivity contribution in [3.05, 3.63) is 17.0 Å². The number of guanidine groups is 1. The standard InChI is InChI=1S/C16H31N5O/c1-12(2)7-8-18-16(17-5)19-11-15-13(3)20-21(14(15)4)9-10-22-6/h12H,7-11H2,1-6H3,(H2,17,18,19). The molecule has 0 aliphatic heterocycles. The number of aryl methyl sites for hydroxylation is 1. The van der Waals surface area contributed by atoms with E-state index in [-0.39, 0.29) is 0 Å². The number of aliphatic imine (C=N–C) groups is 1. The summed E-state index contributed by atoms with van der Waals surface area (Å²) in [4.78, 5) is 4.26. The van der Waals surface area contributed by atoms with E-state index in [1.165, 1.54) is 11.3 Å². The summed E-state index contributed by atoms with van der Waals surface area (Å²) in [7, 11) is 3.51. The van der Waals surface area contributed by atoms with Gasteiger partial charge in [0.15, 0.2) is 5.96 Å². The molecule has 0 amide bonds. The van der Waals surface area contributed by atoms with Gasteiger partial charge in [-0.25, -0.2) is 0 Å². The van der Waals surface area contributed by atoms with Crippen LogP contribution < -0.4 is 10.6 Å². The molecule has 0 aliphatic rings. The molecule has 0 unspecified atom stereocenters. The molecule has 1 heterocycles. The minimum Gasteiger partial charge on any atom is -0.383 e. The Hall–Kier alpha value is -1.56. The summed E-state index contributed by atoms with van der Waals surface area (Å²) in [6.45, 7) is 11.7. The molecular formula is C16H31N5O. The SMILES string of the molecule is CN=C(NCCC(C)C)NCc1c(C)nn(CCOC)c1C. The first-order valence-corrected chi connectivity index (χ1v) is 7.95. The van der Waals surface area contributed by atoms with Crippen molar-refractivity contribution in [3.8, 4) is 0 Å². The van der Waals surface area contributed by atoms with E-state index in [9.17, 15) is 0 Å². The molecule has 0 radical (unpaired) electrons. The largest absolute Gasteiger partial charge is 0.383 e. The fourth-order valence-corrected chi connectivity index (χ4v) is 2.26. The van der Waals surface area contributed by atoms with Gasteiger partial charge in [-0.05, 0) is 26.2 Å². The summed E-state index contributed by atoms with van der Waals surface area (Å²) in [6, 6.07) is 0. The van der Waals surface area contributed by atoms with Crippen LogP contribution in [0.2, 0.25) is 0 Å². The third kappa shape index (κ3) is 5.67. The van der Waals surface area contributed by atoms with E-state index in [1.807, 2.05) is 11.6 Å². The zero-order valence-electron chi connectivity index (χ0n) is 14.9. The van der Waals surface area contributed by atoms with Crippen LogP contribution in [-0.4, -0.2) is 43.0 Å². The van der Waals surface area contributed by atoms with Crippen molar-refractivity contribution >= 4 is 5.96 Å². The fraction of sp³-hybridized carbons (Fsp3) is 0.750. The number of methoxy groups -OCH3 is 1. The molecule has 0 aromatic carbocycles. The Labute approximate surface area is 134 Å². The van der Waals surface area contributed by atoms with Crippen LogP contribution in [0.1, 0.15) is 37.2 Å². The third-order valence-electron chi connectivity index (χ3n) is 3.71. The lowest BCUT2D eigenvalue weighted by Crippen LogP contribution is -2.37. The van der Waals surface area contributed by atoms with Gasteiger partial charge < -0.3 is 15.4 Å². The third-order valence-corrected chi connectivity index (χ3v) is 3.71. The van der Waals surface area contributed by atoms with Gasteiger partial charge >= 0.3 is 0 Å². The minimum absolute atomic E-state index is 0.674. The molecule has 6 nitrogen and oxygen atoms in total. The molecule has 6 heteroatoms. The maximum Gasteiger partial charge on any atom is 0.191 e. The first-order chi connectivity index (χ1) is 10.5. The van der Waals surface area contributed by atoms with Crippen molar-refractivity contribution < 1.29 is 4.74 Å². The lowest BCUT2D eigenvalue weighted by Gasteiger charge is -2.13. The Bertz CT molecular complexity index is 479. The van der Waals surface area contributed by atoms with Gasteiger partial charge in [0.1, 0.15) is 0 Å². The van der Waals surface area contributed by atoms with Crippen molar-refractivity contribution in [2.45, 2.75) is 47.2 Å². The van der Waals surface area contributed by atoms with Gasteiger partial charge in [0.05, 0.1) is 18.8 Å². The van der Waals surface area contributed by atoms with Crippen LogP contribution in [0.3, 0.4) is 0 Å². The number of aromatic nitrogens is 2. The van der Waals surface area contributed by atoms with Crippen molar-refractivity contribution in [2.75, 3.05) is 27.3 Å². The summed E-state index contributed by atoms with van der Waals surface area (Å²) in [5.74, 6) is 1.53. The van der Waals surface area contributed by atoms with Gasteiger partial charge in [-0.3, -0.25) is 9.67 Å². The highest BCUT2D eigenvalue weighted by molar-refractivity contribution is 5.79. The smallest absolute Gasteiger partial charge is 0.191 e. The van der Waals surface area contributed by atoms with Crippen LogP contribution in [0, 0.1) is 19.8 Å². The summed E-state index contributed by atoms with van der Waals surface area (Å²) >= 11 is 0. The summed E-state index contributed by atoms with van der Waals surface area (Å²) < 4.78 is 7.13. The van der Waals surface area contributed by atoms with Gasteiger partial charge in [0.25, 0.3) is 0 Å². The van der Waals surface area contributed by atoms with Crippen LogP contribution in [0.5, 0.6) is 0 Å². The van der Waals surface area contributed by atoms with Crippen LogP contribution >= 0.6 is 0 Å². The molecule has 126 valence electrons. The average molecular weight is 309 g/mol. The normalized spacial score (nSPS) is 12.0. The van der Waals surface area contributed by atoms with Crippen LogP contribution in [0.15, 0.2) is 4.99 Å². The quantitative estimate of drug-likeness (QED) is 0.568. The second-order valence-electron chi connectivity index (χ2n) is 5.90. The highest BCUT2D eigenvalue weighted by atomic mass is 16.5. The molecule has 0 atom stereocenters. The number of nitrogens with one attached hydrogen (secondary N) is 2. The molecule has 0 spiro atoms.